The normalized spacial score (nSPS) is 13.8. The zero-order valence-corrected chi connectivity index (χ0v) is 67.8. The molecule has 0 aromatic carbocycles. The molecule has 0 aliphatic rings. The van der Waals surface area contributed by atoms with Crippen LogP contribution in [0.25, 0.3) is 0 Å². The van der Waals surface area contributed by atoms with Crippen molar-refractivity contribution >= 4 is 39.5 Å². The highest BCUT2D eigenvalue weighted by atomic mass is 31.2. The van der Waals surface area contributed by atoms with Crippen LogP contribution in [0.3, 0.4) is 0 Å². The van der Waals surface area contributed by atoms with Crippen LogP contribution in [0.1, 0.15) is 439 Å². The van der Waals surface area contributed by atoms with E-state index >= 15 is 0 Å². The lowest BCUT2D eigenvalue weighted by molar-refractivity contribution is -0.161. The van der Waals surface area contributed by atoms with Gasteiger partial charge in [0, 0.05) is 25.7 Å². The van der Waals surface area contributed by atoms with E-state index in [0.29, 0.717) is 25.7 Å². The number of phosphoric acid groups is 2. The molecule has 0 bridgehead atoms. The van der Waals surface area contributed by atoms with Gasteiger partial charge in [-0.25, -0.2) is 9.13 Å². The van der Waals surface area contributed by atoms with Crippen molar-refractivity contribution in [3.8, 4) is 0 Å². The Hall–Kier alpha value is -1.94. The molecule has 0 amide bonds. The van der Waals surface area contributed by atoms with E-state index in [-0.39, 0.29) is 25.7 Å². The van der Waals surface area contributed by atoms with Crippen molar-refractivity contribution in [1.82, 2.24) is 0 Å². The molecule has 0 rings (SSSR count). The lowest BCUT2D eigenvalue weighted by Crippen LogP contribution is -2.30. The van der Waals surface area contributed by atoms with Gasteiger partial charge in [0.15, 0.2) is 12.2 Å². The number of esters is 4. The molecular weight excluding hydrogens is 1320 g/mol. The highest BCUT2D eigenvalue weighted by Crippen LogP contribution is 2.45. The molecule has 5 atom stereocenters. The number of ether oxygens (including phenoxy) is 4. The summed E-state index contributed by atoms with van der Waals surface area (Å²) >= 11 is 0. The number of hydrogen-bond donors (Lipinski definition) is 3. The molecule has 19 heteroatoms. The lowest BCUT2D eigenvalue weighted by Gasteiger charge is -2.21. The zero-order chi connectivity index (χ0) is 74.1. The third-order valence-corrected chi connectivity index (χ3v) is 21.2. The fraction of sp³-hybridized carbons (Fsp3) is 0.951. The van der Waals surface area contributed by atoms with Crippen molar-refractivity contribution in [2.24, 2.45) is 5.92 Å². The van der Waals surface area contributed by atoms with E-state index in [1.807, 2.05) is 0 Å². The first-order chi connectivity index (χ1) is 49.0. The molecular formula is C82H160O17P2. The SMILES string of the molecule is CCCCCCCCCCCCCCCCCCCCCCCCC(=O)OC[C@H](COP(=O)(O)OC[C@@H](O)COP(=O)(O)OC[C@@H](COC(=O)CCCCCCC)OC(=O)CCCCCCCCCCCC(C)C)OC(=O)CCCCCCCCCCCCCCCCCCCCCCCC. The van der Waals surface area contributed by atoms with Gasteiger partial charge in [-0.2, -0.15) is 0 Å². The summed E-state index contributed by atoms with van der Waals surface area (Å²) in [6, 6.07) is 0. The number of unbranched alkanes of at least 4 members (excludes halogenated alkanes) is 54. The quantitative estimate of drug-likeness (QED) is 0.0222. The molecule has 17 nitrogen and oxygen atoms in total. The molecule has 2 unspecified atom stereocenters. The molecule has 0 fully saturated rings. The van der Waals surface area contributed by atoms with Gasteiger partial charge >= 0.3 is 39.5 Å². The smallest absolute Gasteiger partial charge is 0.462 e. The maximum Gasteiger partial charge on any atom is 0.472 e. The van der Waals surface area contributed by atoms with Crippen molar-refractivity contribution < 1.29 is 80.2 Å². The average molecular weight is 1480 g/mol. The Morgan fingerprint density at radius 1 is 0.267 bits per heavy atom. The van der Waals surface area contributed by atoms with Crippen LogP contribution < -0.4 is 0 Å². The van der Waals surface area contributed by atoms with Crippen LogP contribution in [-0.2, 0) is 65.4 Å². The summed E-state index contributed by atoms with van der Waals surface area (Å²) < 4.78 is 68.4. The third-order valence-electron chi connectivity index (χ3n) is 19.3. The molecule has 0 spiro atoms. The van der Waals surface area contributed by atoms with Gasteiger partial charge in [-0.05, 0) is 31.6 Å². The van der Waals surface area contributed by atoms with Crippen LogP contribution in [0.15, 0.2) is 0 Å². The van der Waals surface area contributed by atoms with Gasteiger partial charge in [-0.15, -0.1) is 0 Å². The van der Waals surface area contributed by atoms with E-state index in [4.69, 9.17) is 37.0 Å². The van der Waals surface area contributed by atoms with Gasteiger partial charge in [0.05, 0.1) is 26.4 Å². The first-order valence-corrected chi connectivity index (χ1v) is 45.6. The van der Waals surface area contributed by atoms with Gasteiger partial charge in [-0.3, -0.25) is 37.3 Å². The molecule has 600 valence electrons. The van der Waals surface area contributed by atoms with Crippen LogP contribution in [-0.4, -0.2) is 96.7 Å². The maximum atomic E-state index is 13.1. The maximum absolute atomic E-state index is 13.1. The minimum atomic E-state index is -4.96. The Morgan fingerprint density at radius 2 is 0.455 bits per heavy atom. The van der Waals surface area contributed by atoms with Crippen LogP contribution in [0.4, 0.5) is 0 Å². The van der Waals surface area contributed by atoms with Crippen molar-refractivity contribution in [1.29, 1.82) is 0 Å². The van der Waals surface area contributed by atoms with Crippen LogP contribution in [0, 0.1) is 5.92 Å². The minimum absolute atomic E-state index is 0.105. The van der Waals surface area contributed by atoms with Gasteiger partial charge in [0.2, 0.25) is 0 Å². The number of aliphatic hydroxyl groups is 1. The molecule has 0 aliphatic carbocycles. The molecule has 0 saturated heterocycles. The van der Waals surface area contributed by atoms with E-state index < -0.39 is 97.5 Å². The standard InChI is InChI=1S/C82H160O17P2/c1-6-9-12-15-17-19-21-23-25-27-29-31-33-35-37-39-41-43-47-51-56-61-66-80(85)93-72-78(99-81(86)67-62-57-52-48-44-42-40-38-36-34-32-30-28-26-24-22-20-18-16-13-10-7-2)74-97-101(90,91)95-70-76(83)69-94-100(88,89)96-73-77(71-92-79(84)65-60-54-14-11-8-3)98-82(87)68-63-58-53-49-45-46-50-55-59-64-75(4)5/h75-78,83H,6-74H2,1-5H3,(H,88,89)(H,90,91)/t76-,77+,78+/m0/s1. The largest absolute Gasteiger partial charge is 0.472 e. The first-order valence-electron chi connectivity index (χ1n) is 42.6. The van der Waals surface area contributed by atoms with E-state index in [9.17, 15) is 43.2 Å². The second-order valence-corrected chi connectivity index (χ2v) is 32.9. The van der Waals surface area contributed by atoms with Crippen molar-refractivity contribution in [3.63, 3.8) is 0 Å². The fourth-order valence-electron chi connectivity index (χ4n) is 12.8. The summed E-state index contributed by atoms with van der Waals surface area (Å²) in [4.78, 5) is 72.7. The van der Waals surface area contributed by atoms with Crippen LogP contribution in [0.2, 0.25) is 0 Å². The van der Waals surface area contributed by atoms with Crippen LogP contribution in [0.5, 0.6) is 0 Å². The Morgan fingerprint density at radius 3 is 0.673 bits per heavy atom. The highest BCUT2D eigenvalue weighted by Gasteiger charge is 2.30. The molecule has 0 saturated carbocycles. The summed E-state index contributed by atoms with van der Waals surface area (Å²) in [6.45, 7) is 7.20. The molecule has 0 aliphatic heterocycles. The topological polar surface area (TPSA) is 237 Å². The van der Waals surface area contributed by atoms with E-state index in [1.165, 1.54) is 257 Å². The number of hydrogen-bond acceptors (Lipinski definition) is 15. The fourth-order valence-corrected chi connectivity index (χ4v) is 14.3. The molecule has 0 heterocycles. The highest BCUT2D eigenvalue weighted by molar-refractivity contribution is 7.47. The molecule has 0 radical (unpaired) electrons. The Kier molecular flexibility index (Phi) is 73.5. The number of phosphoric ester groups is 2. The number of aliphatic hydroxyl groups excluding tert-OH is 1. The predicted molar refractivity (Wildman–Crippen MR) is 414 cm³/mol. The molecule has 3 N–H and O–H groups in total. The molecule has 0 aromatic rings. The molecule has 0 aromatic heterocycles. The predicted octanol–water partition coefficient (Wildman–Crippen LogP) is 24.8. The number of carbonyl (C=O) groups is 4. The molecule has 101 heavy (non-hydrogen) atoms. The van der Waals surface area contributed by atoms with Gasteiger partial charge < -0.3 is 33.8 Å². The van der Waals surface area contributed by atoms with Crippen molar-refractivity contribution in [2.45, 2.75) is 457 Å². The zero-order valence-electron chi connectivity index (χ0n) is 66.1. The summed E-state index contributed by atoms with van der Waals surface area (Å²) in [7, 11) is -9.91. The summed E-state index contributed by atoms with van der Waals surface area (Å²) in [5, 5.41) is 10.6. The third kappa shape index (κ3) is 76.1. The summed E-state index contributed by atoms with van der Waals surface area (Å²) in [5.74, 6) is -1.39. The Bertz CT molecular complexity index is 1930. The second-order valence-electron chi connectivity index (χ2n) is 30.0. The Balaban J connectivity index is 5.08. The van der Waals surface area contributed by atoms with Crippen molar-refractivity contribution in [3.05, 3.63) is 0 Å². The average Bonchev–Trinajstić information content (AvgIpc) is 1.21. The monoisotopic (exact) mass is 1480 g/mol. The van der Waals surface area contributed by atoms with Crippen LogP contribution >= 0.6 is 15.6 Å². The minimum Gasteiger partial charge on any atom is -0.462 e. The summed E-state index contributed by atoms with van der Waals surface area (Å²) in [6.07, 6.45) is 67.5. The Labute approximate surface area is 619 Å². The number of rotatable bonds is 82. The van der Waals surface area contributed by atoms with E-state index in [2.05, 4.69) is 34.6 Å². The van der Waals surface area contributed by atoms with Gasteiger partial charge in [-0.1, -0.05) is 388 Å². The van der Waals surface area contributed by atoms with Gasteiger partial charge in [0.1, 0.15) is 19.3 Å². The van der Waals surface area contributed by atoms with E-state index in [0.717, 1.165) is 102 Å². The van der Waals surface area contributed by atoms with Crippen molar-refractivity contribution in [2.75, 3.05) is 39.6 Å². The summed E-state index contributed by atoms with van der Waals surface area (Å²) in [5.41, 5.74) is 0. The number of carbonyl (C=O) groups excluding carboxylic acids is 4. The first kappa shape index (κ1) is 99.1. The van der Waals surface area contributed by atoms with E-state index in [1.54, 1.807) is 0 Å². The second kappa shape index (κ2) is 74.9. The lowest BCUT2D eigenvalue weighted by atomic mass is 10.0. The van der Waals surface area contributed by atoms with Gasteiger partial charge in [0.25, 0.3) is 0 Å².